The van der Waals surface area contributed by atoms with E-state index < -0.39 is 0 Å². The van der Waals surface area contributed by atoms with Crippen molar-refractivity contribution in [2.24, 2.45) is 5.92 Å². The molecule has 0 saturated carbocycles. The van der Waals surface area contributed by atoms with Crippen molar-refractivity contribution in [3.63, 3.8) is 0 Å². The van der Waals surface area contributed by atoms with E-state index in [4.69, 9.17) is 5.73 Å². The van der Waals surface area contributed by atoms with E-state index in [1.165, 1.54) is 10.6 Å². The van der Waals surface area contributed by atoms with Crippen LogP contribution in [0.25, 0.3) is 0 Å². The van der Waals surface area contributed by atoms with Gasteiger partial charge in [-0.15, -0.1) is 11.3 Å². The molecule has 12 heavy (non-hydrogen) atoms. The van der Waals surface area contributed by atoms with Crippen LogP contribution in [0.5, 0.6) is 0 Å². The Bertz CT molecular complexity index is 253. The Balaban J connectivity index is 2.81. The molecule has 0 atom stereocenters. The summed E-state index contributed by atoms with van der Waals surface area (Å²) in [6.45, 7) is 6.56. The van der Waals surface area contributed by atoms with E-state index in [1.807, 2.05) is 0 Å². The number of aryl methyl sites for hydroxylation is 1. The molecule has 2 N–H and O–H groups in total. The van der Waals surface area contributed by atoms with Crippen molar-refractivity contribution in [2.45, 2.75) is 33.6 Å². The van der Waals surface area contributed by atoms with Crippen molar-refractivity contribution in [3.05, 3.63) is 10.6 Å². The van der Waals surface area contributed by atoms with E-state index in [1.54, 1.807) is 11.3 Å². The number of anilines is 1. The average molecular weight is 184 g/mol. The number of nitrogens with two attached hydrogens (primary N) is 1. The second-order valence-corrected chi connectivity index (χ2v) is 4.49. The maximum Gasteiger partial charge on any atom is 0.180 e. The quantitative estimate of drug-likeness (QED) is 0.783. The Hall–Kier alpha value is -0.570. The van der Waals surface area contributed by atoms with Gasteiger partial charge in [-0.05, 0) is 18.8 Å². The zero-order valence-electron chi connectivity index (χ0n) is 7.92. The highest BCUT2D eigenvalue weighted by Gasteiger charge is 2.08. The molecule has 1 heterocycles. The zero-order valence-corrected chi connectivity index (χ0v) is 8.74. The molecule has 0 saturated heterocycles. The van der Waals surface area contributed by atoms with Gasteiger partial charge in [-0.2, -0.15) is 0 Å². The van der Waals surface area contributed by atoms with E-state index in [-0.39, 0.29) is 0 Å². The van der Waals surface area contributed by atoms with E-state index in [2.05, 4.69) is 25.8 Å². The van der Waals surface area contributed by atoms with Gasteiger partial charge in [0.25, 0.3) is 0 Å². The van der Waals surface area contributed by atoms with Gasteiger partial charge in [0.05, 0.1) is 5.69 Å². The van der Waals surface area contributed by atoms with Crippen LogP contribution >= 0.6 is 11.3 Å². The molecule has 0 aromatic carbocycles. The van der Waals surface area contributed by atoms with Gasteiger partial charge in [0.1, 0.15) is 0 Å². The van der Waals surface area contributed by atoms with Crippen LogP contribution in [0.3, 0.4) is 0 Å². The summed E-state index contributed by atoms with van der Waals surface area (Å²) in [6, 6.07) is 0. The summed E-state index contributed by atoms with van der Waals surface area (Å²) in [4.78, 5) is 5.67. The molecule has 1 aromatic heterocycles. The van der Waals surface area contributed by atoms with E-state index in [0.717, 1.165) is 12.8 Å². The molecule has 0 aliphatic rings. The minimum absolute atomic E-state index is 0.664. The molecular weight excluding hydrogens is 168 g/mol. The molecule has 68 valence electrons. The van der Waals surface area contributed by atoms with Gasteiger partial charge in [-0.3, -0.25) is 0 Å². The highest BCUT2D eigenvalue weighted by atomic mass is 32.1. The second kappa shape index (κ2) is 3.90. The molecule has 3 heteroatoms. The summed E-state index contributed by atoms with van der Waals surface area (Å²) in [5, 5.41) is 0.711. The van der Waals surface area contributed by atoms with Gasteiger partial charge in [-0.25, -0.2) is 4.98 Å². The summed E-state index contributed by atoms with van der Waals surface area (Å²) < 4.78 is 0. The third-order valence-electron chi connectivity index (χ3n) is 1.72. The Morgan fingerprint density at radius 1 is 1.50 bits per heavy atom. The molecule has 0 unspecified atom stereocenters. The summed E-state index contributed by atoms with van der Waals surface area (Å²) in [6.07, 6.45) is 2.10. The highest BCUT2D eigenvalue weighted by Crippen LogP contribution is 2.22. The Labute approximate surface area is 77.8 Å². The Morgan fingerprint density at radius 3 is 2.67 bits per heavy atom. The van der Waals surface area contributed by atoms with Crippen LogP contribution in [-0.4, -0.2) is 4.98 Å². The molecule has 1 rings (SSSR count). The predicted octanol–water partition coefficient (Wildman–Crippen LogP) is 2.49. The number of thiazole rings is 1. The molecule has 0 spiro atoms. The monoisotopic (exact) mass is 184 g/mol. The van der Waals surface area contributed by atoms with Gasteiger partial charge in [0.2, 0.25) is 0 Å². The number of hydrogen-bond acceptors (Lipinski definition) is 3. The molecule has 2 nitrogen and oxygen atoms in total. The fourth-order valence-corrected chi connectivity index (χ4v) is 2.03. The van der Waals surface area contributed by atoms with Gasteiger partial charge in [-0.1, -0.05) is 20.8 Å². The molecule has 0 bridgehead atoms. The molecule has 1 aromatic rings. The number of aromatic nitrogens is 1. The Kier molecular flexibility index (Phi) is 3.09. The zero-order chi connectivity index (χ0) is 9.14. The number of rotatable bonds is 3. The van der Waals surface area contributed by atoms with Crippen molar-refractivity contribution < 1.29 is 0 Å². The molecular formula is C9H16N2S. The number of nitrogen functional groups attached to an aromatic ring is 1. The topological polar surface area (TPSA) is 38.9 Å². The summed E-state index contributed by atoms with van der Waals surface area (Å²) in [7, 11) is 0. The van der Waals surface area contributed by atoms with E-state index >= 15 is 0 Å². The predicted molar refractivity (Wildman–Crippen MR) is 54.4 cm³/mol. The fraction of sp³-hybridized carbons (Fsp3) is 0.667. The standard InChI is InChI=1S/C9H16N2S/c1-4-8-7(5-6(2)3)11-9(10)12-8/h6H,4-5H2,1-3H3,(H2,10,11). The highest BCUT2D eigenvalue weighted by molar-refractivity contribution is 7.15. The molecule has 0 fully saturated rings. The van der Waals surface area contributed by atoms with Gasteiger partial charge in [0, 0.05) is 4.88 Å². The maximum atomic E-state index is 5.64. The maximum absolute atomic E-state index is 5.64. The second-order valence-electron chi connectivity index (χ2n) is 3.37. The number of nitrogens with zero attached hydrogens (tertiary/aromatic N) is 1. The van der Waals surface area contributed by atoms with Crippen LogP contribution in [0.4, 0.5) is 5.13 Å². The average Bonchev–Trinajstić information content (AvgIpc) is 2.29. The first kappa shape index (κ1) is 9.52. The fourth-order valence-electron chi connectivity index (χ4n) is 1.23. The summed E-state index contributed by atoms with van der Waals surface area (Å²) in [5.41, 5.74) is 6.84. The van der Waals surface area contributed by atoms with Crippen molar-refractivity contribution >= 4 is 16.5 Å². The van der Waals surface area contributed by atoms with E-state index in [0.29, 0.717) is 11.0 Å². The lowest BCUT2D eigenvalue weighted by atomic mass is 10.1. The minimum atomic E-state index is 0.664. The van der Waals surface area contributed by atoms with Crippen molar-refractivity contribution in [1.82, 2.24) is 4.98 Å². The van der Waals surface area contributed by atoms with Gasteiger partial charge < -0.3 is 5.73 Å². The van der Waals surface area contributed by atoms with Crippen LogP contribution in [0.15, 0.2) is 0 Å². The van der Waals surface area contributed by atoms with Crippen LogP contribution in [0, 0.1) is 5.92 Å². The minimum Gasteiger partial charge on any atom is -0.375 e. The lowest BCUT2D eigenvalue weighted by Crippen LogP contribution is -1.97. The molecule has 0 aliphatic heterocycles. The van der Waals surface area contributed by atoms with Crippen molar-refractivity contribution in [3.8, 4) is 0 Å². The summed E-state index contributed by atoms with van der Waals surface area (Å²) >= 11 is 1.62. The third kappa shape index (κ3) is 2.21. The normalized spacial score (nSPS) is 11.0. The SMILES string of the molecule is CCc1sc(N)nc1CC(C)C. The van der Waals surface area contributed by atoms with Gasteiger partial charge >= 0.3 is 0 Å². The van der Waals surface area contributed by atoms with Crippen molar-refractivity contribution in [2.75, 3.05) is 5.73 Å². The van der Waals surface area contributed by atoms with Crippen LogP contribution in [0.1, 0.15) is 31.3 Å². The first-order valence-corrected chi connectivity index (χ1v) is 5.19. The van der Waals surface area contributed by atoms with Crippen LogP contribution in [-0.2, 0) is 12.8 Å². The first-order chi connectivity index (χ1) is 5.63. The molecule has 0 amide bonds. The first-order valence-electron chi connectivity index (χ1n) is 4.37. The molecule has 0 radical (unpaired) electrons. The van der Waals surface area contributed by atoms with Gasteiger partial charge in [0.15, 0.2) is 5.13 Å². The third-order valence-corrected chi connectivity index (χ3v) is 2.79. The summed E-state index contributed by atoms with van der Waals surface area (Å²) in [5.74, 6) is 0.664. The van der Waals surface area contributed by atoms with Crippen LogP contribution in [0.2, 0.25) is 0 Å². The smallest absolute Gasteiger partial charge is 0.180 e. The lowest BCUT2D eigenvalue weighted by molar-refractivity contribution is 0.634. The van der Waals surface area contributed by atoms with Crippen molar-refractivity contribution in [1.29, 1.82) is 0 Å². The van der Waals surface area contributed by atoms with Crippen LogP contribution < -0.4 is 5.73 Å². The Morgan fingerprint density at radius 2 is 2.17 bits per heavy atom. The number of hydrogen-bond donors (Lipinski definition) is 1. The lowest BCUT2D eigenvalue weighted by Gasteiger charge is -2.02. The largest absolute Gasteiger partial charge is 0.375 e. The van der Waals surface area contributed by atoms with E-state index in [9.17, 15) is 0 Å². The molecule has 0 aliphatic carbocycles.